The molecule has 1 saturated heterocycles. The average Bonchev–Trinajstić information content (AvgIpc) is 2.67. The molecule has 26 heavy (non-hydrogen) atoms. The maximum Gasteiger partial charge on any atom is 0.254 e. The Morgan fingerprint density at radius 1 is 1.23 bits per heavy atom. The monoisotopic (exact) mass is 359 g/mol. The first-order valence-electron chi connectivity index (χ1n) is 10.1. The van der Waals surface area contributed by atoms with E-state index in [9.17, 15) is 4.79 Å². The molecule has 5 nitrogen and oxygen atoms in total. The molecule has 1 amide bonds. The molecule has 0 spiro atoms. The lowest BCUT2D eigenvalue weighted by Crippen LogP contribution is -2.56. The summed E-state index contributed by atoms with van der Waals surface area (Å²) in [4.78, 5) is 18.8. The Morgan fingerprint density at radius 2 is 1.92 bits per heavy atom. The number of likely N-dealkylation sites (tertiary alicyclic amines) is 1. The van der Waals surface area contributed by atoms with Crippen molar-refractivity contribution in [2.75, 3.05) is 13.2 Å². The molecule has 144 valence electrons. The molecule has 2 fully saturated rings. The Kier molecular flexibility index (Phi) is 6.65. The molecule has 0 radical (unpaired) electrons. The number of nitrogens with two attached hydrogens (primary N) is 1. The SMILES string of the molecule is CC(C)[C@H]1CC[C@@H](OC[C@H]2[C@@H](N)CCCN2C(=O)c2ccncc2)CC1. The maximum atomic E-state index is 12.9. The third-order valence-corrected chi connectivity index (χ3v) is 6.18. The molecule has 1 aromatic rings. The molecular formula is C21H33N3O2. The van der Waals surface area contributed by atoms with Gasteiger partial charge in [-0.05, 0) is 62.5 Å². The van der Waals surface area contributed by atoms with Crippen molar-refractivity contribution in [3.8, 4) is 0 Å². The van der Waals surface area contributed by atoms with Crippen LogP contribution in [0.5, 0.6) is 0 Å². The van der Waals surface area contributed by atoms with Crippen LogP contribution in [0.3, 0.4) is 0 Å². The van der Waals surface area contributed by atoms with E-state index in [2.05, 4.69) is 18.8 Å². The number of aromatic nitrogens is 1. The standard InChI is InChI=1S/C21H33N3O2/c1-15(2)16-5-7-18(8-6-16)26-14-20-19(22)4-3-13-24(20)21(25)17-9-11-23-12-10-17/h9-12,15-16,18-20H,3-8,13-14,22H2,1-2H3/t16-,18+,19-,20-/m0/s1. The van der Waals surface area contributed by atoms with Crippen molar-refractivity contribution in [2.45, 2.75) is 70.6 Å². The van der Waals surface area contributed by atoms with Crippen molar-refractivity contribution in [3.05, 3.63) is 30.1 Å². The van der Waals surface area contributed by atoms with Crippen LogP contribution in [0, 0.1) is 11.8 Å². The summed E-state index contributed by atoms with van der Waals surface area (Å²) in [6.07, 6.45) is 10.3. The van der Waals surface area contributed by atoms with Gasteiger partial charge in [0.15, 0.2) is 0 Å². The van der Waals surface area contributed by atoms with Gasteiger partial charge in [0.2, 0.25) is 0 Å². The summed E-state index contributed by atoms with van der Waals surface area (Å²) in [5.74, 6) is 1.63. The summed E-state index contributed by atoms with van der Waals surface area (Å²) in [6, 6.07) is 3.50. The first-order valence-corrected chi connectivity index (χ1v) is 10.1. The zero-order chi connectivity index (χ0) is 18.5. The van der Waals surface area contributed by atoms with Crippen molar-refractivity contribution in [1.82, 2.24) is 9.88 Å². The molecule has 0 bridgehead atoms. The van der Waals surface area contributed by atoms with Gasteiger partial charge < -0.3 is 15.4 Å². The molecule has 1 aliphatic carbocycles. The van der Waals surface area contributed by atoms with E-state index in [1.807, 2.05) is 4.90 Å². The lowest BCUT2D eigenvalue weighted by molar-refractivity contribution is -0.0268. The molecule has 1 aliphatic heterocycles. The van der Waals surface area contributed by atoms with Crippen LogP contribution in [0.2, 0.25) is 0 Å². The van der Waals surface area contributed by atoms with Gasteiger partial charge in [-0.3, -0.25) is 9.78 Å². The molecule has 1 saturated carbocycles. The fourth-order valence-corrected chi connectivity index (χ4v) is 4.37. The normalized spacial score (nSPS) is 29.8. The summed E-state index contributed by atoms with van der Waals surface area (Å²) >= 11 is 0. The highest BCUT2D eigenvalue weighted by Gasteiger charge is 2.34. The van der Waals surface area contributed by atoms with Crippen LogP contribution < -0.4 is 5.73 Å². The minimum atomic E-state index is -0.0350. The second kappa shape index (κ2) is 8.96. The molecular weight excluding hydrogens is 326 g/mol. The van der Waals surface area contributed by atoms with E-state index >= 15 is 0 Å². The molecule has 0 unspecified atom stereocenters. The van der Waals surface area contributed by atoms with Gasteiger partial charge in [0, 0.05) is 30.5 Å². The van der Waals surface area contributed by atoms with E-state index in [-0.39, 0.29) is 18.0 Å². The number of hydrogen-bond acceptors (Lipinski definition) is 4. The highest BCUT2D eigenvalue weighted by atomic mass is 16.5. The molecule has 0 aromatic carbocycles. The van der Waals surface area contributed by atoms with Crippen molar-refractivity contribution < 1.29 is 9.53 Å². The summed E-state index contributed by atoms with van der Waals surface area (Å²) in [7, 11) is 0. The number of hydrogen-bond donors (Lipinski definition) is 1. The van der Waals surface area contributed by atoms with Gasteiger partial charge in [-0.25, -0.2) is 0 Å². The lowest BCUT2D eigenvalue weighted by atomic mass is 9.80. The van der Waals surface area contributed by atoms with Crippen molar-refractivity contribution in [3.63, 3.8) is 0 Å². The minimum Gasteiger partial charge on any atom is -0.376 e. The van der Waals surface area contributed by atoms with E-state index < -0.39 is 0 Å². The minimum absolute atomic E-state index is 0.0125. The number of amides is 1. The van der Waals surface area contributed by atoms with Crippen LogP contribution >= 0.6 is 0 Å². The summed E-state index contributed by atoms with van der Waals surface area (Å²) in [5, 5.41) is 0. The highest BCUT2D eigenvalue weighted by Crippen LogP contribution is 2.31. The fraction of sp³-hybridized carbons (Fsp3) is 0.714. The topological polar surface area (TPSA) is 68.5 Å². The molecule has 5 heteroatoms. The molecule has 2 heterocycles. The summed E-state index contributed by atoms with van der Waals surface area (Å²) in [6.45, 7) is 5.93. The molecule has 2 aliphatic rings. The van der Waals surface area contributed by atoms with E-state index in [0.717, 1.165) is 44.1 Å². The average molecular weight is 360 g/mol. The number of carbonyl (C=O) groups is 1. The zero-order valence-corrected chi connectivity index (χ0v) is 16.1. The number of piperidine rings is 1. The third kappa shape index (κ3) is 4.63. The second-order valence-electron chi connectivity index (χ2n) is 8.22. The summed E-state index contributed by atoms with van der Waals surface area (Å²) in [5.41, 5.74) is 7.05. The van der Waals surface area contributed by atoms with Crippen molar-refractivity contribution in [2.24, 2.45) is 17.6 Å². The number of carbonyl (C=O) groups excluding carboxylic acids is 1. The van der Waals surface area contributed by atoms with Crippen LogP contribution in [0.15, 0.2) is 24.5 Å². The zero-order valence-electron chi connectivity index (χ0n) is 16.1. The Bertz CT molecular complexity index is 570. The first-order chi connectivity index (χ1) is 12.6. The molecule has 1 aromatic heterocycles. The summed E-state index contributed by atoms with van der Waals surface area (Å²) < 4.78 is 6.25. The van der Waals surface area contributed by atoms with Crippen LogP contribution in [0.1, 0.15) is 62.7 Å². The van der Waals surface area contributed by atoms with Crippen LogP contribution in [0.25, 0.3) is 0 Å². The molecule has 2 atom stereocenters. The Hall–Kier alpha value is -1.46. The van der Waals surface area contributed by atoms with E-state index in [4.69, 9.17) is 10.5 Å². The predicted octanol–water partition coefficient (Wildman–Crippen LogP) is 3.24. The number of nitrogens with zero attached hydrogens (tertiary/aromatic N) is 2. The van der Waals surface area contributed by atoms with Gasteiger partial charge >= 0.3 is 0 Å². The van der Waals surface area contributed by atoms with Crippen LogP contribution in [-0.4, -0.2) is 47.1 Å². The highest BCUT2D eigenvalue weighted by molar-refractivity contribution is 5.94. The Balaban J connectivity index is 1.58. The predicted molar refractivity (Wildman–Crippen MR) is 103 cm³/mol. The van der Waals surface area contributed by atoms with Gasteiger partial charge in [-0.2, -0.15) is 0 Å². The molecule has 3 rings (SSSR count). The third-order valence-electron chi connectivity index (χ3n) is 6.18. The smallest absolute Gasteiger partial charge is 0.254 e. The molecule has 2 N–H and O–H groups in total. The van der Waals surface area contributed by atoms with Crippen LogP contribution in [0.4, 0.5) is 0 Å². The van der Waals surface area contributed by atoms with Gasteiger partial charge in [-0.1, -0.05) is 13.8 Å². The van der Waals surface area contributed by atoms with E-state index in [0.29, 0.717) is 18.3 Å². The Morgan fingerprint density at radius 3 is 2.58 bits per heavy atom. The van der Waals surface area contributed by atoms with Gasteiger partial charge in [0.05, 0.1) is 18.8 Å². The number of pyridine rings is 1. The quantitative estimate of drug-likeness (QED) is 0.876. The van der Waals surface area contributed by atoms with Gasteiger partial charge in [0.1, 0.15) is 0 Å². The van der Waals surface area contributed by atoms with Gasteiger partial charge in [0.25, 0.3) is 5.91 Å². The van der Waals surface area contributed by atoms with E-state index in [1.165, 1.54) is 12.8 Å². The Labute approximate surface area is 157 Å². The second-order valence-corrected chi connectivity index (χ2v) is 8.22. The lowest BCUT2D eigenvalue weighted by Gasteiger charge is -2.41. The van der Waals surface area contributed by atoms with Gasteiger partial charge in [-0.15, -0.1) is 0 Å². The largest absolute Gasteiger partial charge is 0.376 e. The number of rotatable bonds is 5. The van der Waals surface area contributed by atoms with E-state index in [1.54, 1.807) is 24.5 Å². The number of ether oxygens (including phenoxy) is 1. The maximum absolute atomic E-state index is 12.9. The first kappa shape index (κ1) is 19.3. The van der Waals surface area contributed by atoms with Crippen molar-refractivity contribution >= 4 is 5.91 Å². The van der Waals surface area contributed by atoms with Crippen molar-refractivity contribution in [1.29, 1.82) is 0 Å². The van der Waals surface area contributed by atoms with Crippen LogP contribution in [-0.2, 0) is 4.74 Å². The fourth-order valence-electron chi connectivity index (χ4n) is 4.37.